The summed E-state index contributed by atoms with van der Waals surface area (Å²) in [7, 11) is 0. The van der Waals surface area contributed by atoms with Gasteiger partial charge in [0, 0.05) is 17.3 Å². The number of pyridine rings is 1. The molecule has 168 valence electrons. The summed E-state index contributed by atoms with van der Waals surface area (Å²) in [6.45, 7) is 1.88. The highest BCUT2D eigenvalue weighted by molar-refractivity contribution is 6.35. The van der Waals surface area contributed by atoms with E-state index >= 15 is 0 Å². The van der Waals surface area contributed by atoms with E-state index in [1.807, 2.05) is 19.1 Å². The maximum atomic E-state index is 7.33. The average Bonchev–Trinajstić information content (AvgIpc) is 2.78. The van der Waals surface area contributed by atoms with E-state index in [1.165, 1.54) is 12.2 Å². The molecule has 0 spiro atoms. The summed E-state index contributed by atoms with van der Waals surface area (Å²) < 4.78 is 5.69. The predicted molar refractivity (Wildman–Crippen MR) is 120 cm³/mol. The van der Waals surface area contributed by atoms with Crippen LogP contribution in [-0.2, 0) is 22.6 Å². The van der Waals surface area contributed by atoms with Crippen molar-refractivity contribution in [3.8, 4) is 23.8 Å². The molecule has 2 heterocycles. The first-order chi connectivity index (χ1) is 15.4. The molecule has 0 saturated carbocycles. The Labute approximate surface area is 199 Å². The minimum Gasteiger partial charge on any atom is -0.437 e. The van der Waals surface area contributed by atoms with E-state index in [2.05, 4.69) is 24.7 Å². The molecule has 8 nitrogen and oxygen atoms in total. The zero-order valence-electron chi connectivity index (χ0n) is 16.8. The van der Waals surface area contributed by atoms with Crippen LogP contribution in [0.4, 0.5) is 0 Å². The molecule has 0 radical (unpaired) electrons. The van der Waals surface area contributed by atoms with E-state index < -0.39 is 0 Å². The quantitative estimate of drug-likeness (QED) is 0.242. The molecule has 1 aromatic carbocycles. The molecule has 11 heteroatoms. The van der Waals surface area contributed by atoms with Crippen molar-refractivity contribution in [2.75, 3.05) is 0 Å². The summed E-state index contributed by atoms with van der Waals surface area (Å²) in [4.78, 5) is 18.9. The third-order valence-corrected chi connectivity index (χ3v) is 4.98. The number of nitrogens with zero attached hydrogens (tertiary/aromatic N) is 3. The minimum absolute atomic E-state index is 0.445. The van der Waals surface area contributed by atoms with Crippen LogP contribution in [0.2, 0.25) is 15.1 Å². The molecule has 3 aromatic rings. The molecular formula is C21H18Cl3N3O5. The summed E-state index contributed by atoms with van der Waals surface area (Å²) in [5, 5.41) is 16.3. The third-order valence-electron chi connectivity index (χ3n) is 3.95. The maximum absolute atomic E-state index is 7.33. The van der Waals surface area contributed by atoms with Crippen molar-refractivity contribution in [2.45, 2.75) is 26.2 Å². The van der Waals surface area contributed by atoms with Crippen molar-refractivity contribution >= 4 is 34.8 Å². The second-order valence-corrected chi connectivity index (χ2v) is 7.36. The van der Waals surface area contributed by atoms with E-state index in [1.54, 1.807) is 30.7 Å². The van der Waals surface area contributed by atoms with Gasteiger partial charge in [0.05, 0.1) is 21.4 Å². The molecule has 0 saturated heterocycles. The normalized spacial score (nSPS) is 9.69. The Morgan fingerprint density at radius 3 is 2.31 bits per heavy atom. The van der Waals surface area contributed by atoms with Crippen LogP contribution in [0.3, 0.4) is 0 Å². The lowest BCUT2D eigenvalue weighted by molar-refractivity contribution is -0.188. The number of hydrogen-bond acceptors (Lipinski definition) is 8. The average molecular weight is 499 g/mol. The molecule has 0 fully saturated rings. The highest BCUT2D eigenvalue weighted by Crippen LogP contribution is 2.30. The number of ether oxygens (including phenoxy) is 1. The number of benzene rings is 1. The topological polar surface area (TPSA) is 107 Å². The summed E-state index contributed by atoms with van der Waals surface area (Å²) in [5.74, 6) is 0.998. The van der Waals surface area contributed by atoms with Crippen LogP contribution < -0.4 is 4.74 Å². The van der Waals surface area contributed by atoms with Crippen molar-refractivity contribution < 1.29 is 25.0 Å². The lowest BCUT2D eigenvalue weighted by Gasteiger charge is -2.08. The minimum atomic E-state index is 0.445. The van der Waals surface area contributed by atoms with Gasteiger partial charge < -0.3 is 4.74 Å². The van der Waals surface area contributed by atoms with Gasteiger partial charge in [-0.05, 0) is 49.9 Å². The maximum Gasteiger partial charge on any atom is 0.219 e. The first-order valence-corrected chi connectivity index (χ1v) is 10.2. The second-order valence-electron chi connectivity index (χ2n) is 6.14. The van der Waals surface area contributed by atoms with E-state index in [4.69, 9.17) is 50.1 Å². The fourth-order valence-electron chi connectivity index (χ4n) is 2.47. The second kappa shape index (κ2) is 13.6. The number of hydrogen-bond donors (Lipinski definition) is 2. The molecule has 2 aromatic heterocycles. The zero-order chi connectivity index (χ0) is 23.3. The molecular weight excluding hydrogens is 481 g/mol. The summed E-state index contributed by atoms with van der Waals surface area (Å²) in [5.41, 5.74) is 2.80. The van der Waals surface area contributed by atoms with Gasteiger partial charge in [-0.3, -0.25) is 9.78 Å². The van der Waals surface area contributed by atoms with Gasteiger partial charge >= 0.3 is 0 Å². The van der Waals surface area contributed by atoms with Crippen LogP contribution in [0.15, 0.2) is 42.9 Å². The standard InChI is InChI=1S/C19H16Cl3N3O.C2H2O4/c1-12-19(22)16(25-11-24-12)4-2-3-13-5-8-18(23-10-13)26-17-7-6-14(20)9-15(17)21;3-5-1-2-6-4/h5-11H,2-4H2,1H3;3-4H. The van der Waals surface area contributed by atoms with Crippen molar-refractivity contribution in [1.82, 2.24) is 15.0 Å². The highest BCUT2D eigenvalue weighted by atomic mass is 35.5. The van der Waals surface area contributed by atoms with E-state index in [9.17, 15) is 0 Å². The molecule has 0 bridgehead atoms. The largest absolute Gasteiger partial charge is 0.437 e. The summed E-state index contributed by atoms with van der Waals surface area (Å²) >= 11 is 18.2. The fraction of sp³-hybridized carbons (Fsp3) is 0.190. The molecule has 0 aliphatic carbocycles. The van der Waals surface area contributed by atoms with Gasteiger partial charge in [-0.15, -0.1) is 0 Å². The van der Waals surface area contributed by atoms with Crippen LogP contribution >= 0.6 is 34.8 Å². The van der Waals surface area contributed by atoms with Gasteiger partial charge in [0.1, 0.15) is 12.1 Å². The summed E-state index contributed by atoms with van der Waals surface area (Å²) in [6, 6.07) is 8.87. The monoisotopic (exact) mass is 497 g/mol. The first-order valence-electron chi connectivity index (χ1n) is 9.09. The molecule has 3 rings (SSSR count). The van der Waals surface area contributed by atoms with Gasteiger partial charge in [-0.25, -0.2) is 15.0 Å². The molecule has 2 N–H and O–H groups in total. The van der Waals surface area contributed by atoms with Gasteiger partial charge in [-0.1, -0.05) is 40.9 Å². The Bertz CT molecular complexity index is 1060. The first kappa shape index (κ1) is 25.5. The van der Waals surface area contributed by atoms with Crippen LogP contribution in [0.25, 0.3) is 0 Å². The third kappa shape index (κ3) is 8.38. The lowest BCUT2D eigenvalue weighted by atomic mass is 10.1. The fourth-order valence-corrected chi connectivity index (χ4v) is 3.11. The van der Waals surface area contributed by atoms with E-state index in [0.717, 1.165) is 36.2 Å². The number of halogens is 3. The van der Waals surface area contributed by atoms with Crippen LogP contribution in [-0.4, -0.2) is 25.5 Å². The number of aromatic nitrogens is 3. The van der Waals surface area contributed by atoms with E-state index in [0.29, 0.717) is 26.7 Å². The Hall–Kier alpha value is -2.80. The number of rotatable bonds is 6. The molecule has 0 unspecified atom stereocenters. The molecule has 0 aliphatic heterocycles. The van der Waals surface area contributed by atoms with Crippen molar-refractivity contribution in [3.05, 3.63) is 74.9 Å². The zero-order valence-corrected chi connectivity index (χ0v) is 19.0. The Morgan fingerprint density at radius 1 is 0.938 bits per heavy atom. The Kier molecular flexibility index (Phi) is 10.8. The van der Waals surface area contributed by atoms with Crippen molar-refractivity contribution in [3.63, 3.8) is 0 Å². The van der Waals surface area contributed by atoms with Crippen molar-refractivity contribution in [2.24, 2.45) is 0 Å². The predicted octanol–water partition coefficient (Wildman–Crippen LogP) is 5.99. The Balaban J connectivity index is 0.000000534. The highest BCUT2D eigenvalue weighted by Gasteiger charge is 2.07. The molecule has 0 amide bonds. The van der Waals surface area contributed by atoms with Crippen LogP contribution in [0, 0.1) is 19.1 Å². The molecule has 0 aliphatic rings. The molecule has 32 heavy (non-hydrogen) atoms. The SMILES string of the molecule is Cc1ncnc(CCCc2ccc(Oc3ccc(Cl)cc3Cl)nc2)c1Cl.OOC#COO. The van der Waals surface area contributed by atoms with Gasteiger partial charge in [-0.2, -0.15) is 10.5 Å². The summed E-state index contributed by atoms with van der Waals surface area (Å²) in [6.07, 6.45) is 8.99. The van der Waals surface area contributed by atoms with E-state index in [-0.39, 0.29) is 0 Å². The van der Waals surface area contributed by atoms with Crippen molar-refractivity contribution in [1.29, 1.82) is 0 Å². The Morgan fingerprint density at radius 2 is 1.69 bits per heavy atom. The van der Waals surface area contributed by atoms with Gasteiger partial charge in [0.25, 0.3) is 0 Å². The number of aryl methyl sites for hydroxylation is 3. The van der Waals surface area contributed by atoms with Crippen LogP contribution in [0.5, 0.6) is 11.6 Å². The molecule has 0 atom stereocenters. The smallest absolute Gasteiger partial charge is 0.219 e. The lowest BCUT2D eigenvalue weighted by Crippen LogP contribution is -1.98. The van der Waals surface area contributed by atoms with Crippen LogP contribution in [0.1, 0.15) is 23.4 Å². The van der Waals surface area contributed by atoms with Gasteiger partial charge in [0.15, 0.2) is 0 Å². The van der Waals surface area contributed by atoms with Gasteiger partial charge in [0.2, 0.25) is 18.1 Å².